The van der Waals surface area contributed by atoms with Gasteiger partial charge in [0.2, 0.25) is 5.91 Å². The summed E-state index contributed by atoms with van der Waals surface area (Å²) >= 11 is 0. The predicted octanol–water partition coefficient (Wildman–Crippen LogP) is 1.71. The molecule has 0 bridgehead atoms. The molecule has 1 saturated carbocycles. The van der Waals surface area contributed by atoms with Gasteiger partial charge < -0.3 is 10.2 Å². The van der Waals surface area contributed by atoms with Crippen LogP contribution < -0.4 is 5.32 Å². The minimum Gasteiger partial charge on any atom is -0.341 e. The van der Waals surface area contributed by atoms with Crippen LogP contribution in [0.2, 0.25) is 0 Å². The summed E-state index contributed by atoms with van der Waals surface area (Å²) in [7, 11) is 2.00. The third-order valence-corrected chi connectivity index (χ3v) is 5.26. The maximum absolute atomic E-state index is 12.7. The summed E-state index contributed by atoms with van der Waals surface area (Å²) in [6.07, 6.45) is 4.78. The minimum atomic E-state index is 0.0250. The summed E-state index contributed by atoms with van der Waals surface area (Å²) in [5.74, 6) is 0.302. The summed E-state index contributed by atoms with van der Waals surface area (Å²) in [6, 6.07) is 0.470. The van der Waals surface area contributed by atoms with E-state index >= 15 is 0 Å². The maximum atomic E-state index is 12.7. The predicted molar refractivity (Wildman–Crippen MR) is 82.7 cm³/mol. The Morgan fingerprint density at radius 2 is 1.80 bits per heavy atom. The lowest BCUT2D eigenvalue weighted by atomic mass is 9.75. The fourth-order valence-corrected chi connectivity index (χ4v) is 3.47. The summed E-state index contributed by atoms with van der Waals surface area (Å²) in [6.45, 7) is 10.7. The van der Waals surface area contributed by atoms with Gasteiger partial charge in [0.05, 0.1) is 6.04 Å². The van der Waals surface area contributed by atoms with Gasteiger partial charge in [-0.25, -0.2) is 0 Å². The van der Waals surface area contributed by atoms with Crippen LogP contribution in [0.15, 0.2) is 0 Å². The van der Waals surface area contributed by atoms with Crippen LogP contribution in [0.3, 0.4) is 0 Å². The van der Waals surface area contributed by atoms with E-state index in [0.29, 0.717) is 17.4 Å². The smallest absolute Gasteiger partial charge is 0.239 e. The van der Waals surface area contributed by atoms with Crippen molar-refractivity contribution in [3.63, 3.8) is 0 Å². The first-order chi connectivity index (χ1) is 9.41. The average molecular weight is 281 g/mol. The lowest BCUT2D eigenvalue weighted by molar-refractivity contribution is -0.138. The number of piperazine rings is 1. The van der Waals surface area contributed by atoms with Crippen LogP contribution >= 0.6 is 0 Å². The molecule has 0 aromatic heterocycles. The molecule has 1 amide bonds. The van der Waals surface area contributed by atoms with Crippen LogP contribution in [0.25, 0.3) is 0 Å². The van der Waals surface area contributed by atoms with Gasteiger partial charge in [-0.15, -0.1) is 0 Å². The van der Waals surface area contributed by atoms with Gasteiger partial charge in [0.15, 0.2) is 0 Å². The van der Waals surface area contributed by atoms with Crippen LogP contribution in [0.1, 0.15) is 46.5 Å². The molecule has 2 aliphatic rings. The van der Waals surface area contributed by atoms with Gasteiger partial charge in [-0.1, -0.05) is 13.8 Å². The van der Waals surface area contributed by atoms with E-state index in [1.165, 1.54) is 12.8 Å². The molecule has 2 rings (SSSR count). The number of carbonyl (C=O) groups is 1. The molecule has 20 heavy (non-hydrogen) atoms. The van der Waals surface area contributed by atoms with Crippen molar-refractivity contribution in [2.75, 3.05) is 33.2 Å². The lowest BCUT2D eigenvalue weighted by Crippen LogP contribution is -2.54. The molecule has 4 heteroatoms. The molecule has 1 aliphatic carbocycles. The number of hydrogen-bond acceptors (Lipinski definition) is 3. The Bertz CT molecular complexity index is 327. The molecule has 0 aromatic carbocycles. The van der Waals surface area contributed by atoms with Crippen molar-refractivity contribution >= 4 is 5.91 Å². The molecule has 1 aliphatic heterocycles. The van der Waals surface area contributed by atoms with E-state index < -0.39 is 0 Å². The number of carbonyl (C=O) groups excluding carboxylic acids is 1. The summed E-state index contributed by atoms with van der Waals surface area (Å²) in [5, 5.41) is 3.34. The second kappa shape index (κ2) is 6.44. The van der Waals surface area contributed by atoms with Crippen molar-refractivity contribution in [1.29, 1.82) is 0 Å². The van der Waals surface area contributed by atoms with Gasteiger partial charge >= 0.3 is 0 Å². The molecular formula is C16H31N3O. The van der Waals surface area contributed by atoms with E-state index in [4.69, 9.17) is 0 Å². The normalized spacial score (nSPS) is 26.2. The van der Waals surface area contributed by atoms with Crippen molar-refractivity contribution in [1.82, 2.24) is 15.1 Å². The number of hydrogen-bond donors (Lipinski definition) is 1. The number of rotatable bonds is 3. The van der Waals surface area contributed by atoms with Crippen LogP contribution in [-0.2, 0) is 4.79 Å². The van der Waals surface area contributed by atoms with Gasteiger partial charge in [0.1, 0.15) is 0 Å². The van der Waals surface area contributed by atoms with E-state index in [1.807, 2.05) is 11.9 Å². The zero-order valence-electron chi connectivity index (χ0n) is 13.6. The minimum absolute atomic E-state index is 0.0250. The Kier molecular flexibility index (Phi) is 5.08. The second-order valence-corrected chi connectivity index (χ2v) is 7.31. The van der Waals surface area contributed by atoms with Crippen molar-refractivity contribution in [2.24, 2.45) is 5.41 Å². The number of likely N-dealkylation sites (N-methyl/N-ethyl adjacent to an activating group) is 1. The molecular weight excluding hydrogens is 250 g/mol. The Balaban J connectivity index is 1.88. The van der Waals surface area contributed by atoms with Gasteiger partial charge in [0.25, 0.3) is 0 Å². The largest absolute Gasteiger partial charge is 0.341 e. The van der Waals surface area contributed by atoms with Gasteiger partial charge in [-0.05, 0) is 38.0 Å². The van der Waals surface area contributed by atoms with Crippen molar-refractivity contribution < 1.29 is 4.79 Å². The molecule has 2 fully saturated rings. The van der Waals surface area contributed by atoms with Crippen molar-refractivity contribution in [3.05, 3.63) is 0 Å². The zero-order valence-corrected chi connectivity index (χ0v) is 13.6. The first-order valence-corrected chi connectivity index (χ1v) is 8.12. The third kappa shape index (κ3) is 3.73. The number of amides is 1. The van der Waals surface area contributed by atoms with Crippen LogP contribution in [0, 0.1) is 5.41 Å². The topological polar surface area (TPSA) is 35.6 Å². The summed E-state index contributed by atoms with van der Waals surface area (Å²) in [5.41, 5.74) is 0.463. The lowest BCUT2D eigenvalue weighted by Gasteiger charge is -2.41. The summed E-state index contributed by atoms with van der Waals surface area (Å²) in [4.78, 5) is 17.0. The Morgan fingerprint density at radius 3 is 2.35 bits per heavy atom. The average Bonchev–Trinajstić information content (AvgIpc) is 2.46. The highest BCUT2D eigenvalue weighted by Crippen LogP contribution is 2.36. The van der Waals surface area contributed by atoms with Gasteiger partial charge in [-0.2, -0.15) is 0 Å². The van der Waals surface area contributed by atoms with Crippen LogP contribution in [0.4, 0.5) is 0 Å². The summed E-state index contributed by atoms with van der Waals surface area (Å²) < 4.78 is 0. The quantitative estimate of drug-likeness (QED) is 0.855. The molecule has 4 nitrogen and oxygen atoms in total. The Labute approximate surface area is 123 Å². The van der Waals surface area contributed by atoms with E-state index in [2.05, 4.69) is 31.0 Å². The standard InChI is InChI=1S/C16H31N3O/c1-13(19-11-9-17-10-12-19)15(20)18(4)14-5-7-16(2,3)8-6-14/h13-14,17H,5-12H2,1-4H3. The molecule has 1 atom stereocenters. The Morgan fingerprint density at radius 1 is 1.25 bits per heavy atom. The van der Waals surface area contributed by atoms with E-state index in [1.54, 1.807) is 0 Å². The monoisotopic (exact) mass is 281 g/mol. The number of nitrogens with one attached hydrogen (secondary N) is 1. The Hall–Kier alpha value is -0.610. The molecule has 0 aromatic rings. The fourth-order valence-electron chi connectivity index (χ4n) is 3.47. The SMILES string of the molecule is CC(C(=O)N(C)C1CCC(C)(C)CC1)N1CCNCC1. The molecule has 116 valence electrons. The van der Waals surface area contributed by atoms with Gasteiger partial charge in [-0.3, -0.25) is 9.69 Å². The first-order valence-electron chi connectivity index (χ1n) is 8.12. The molecule has 0 radical (unpaired) electrons. The molecule has 1 heterocycles. The van der Waals surface area contributed by atoms with E-state index in [9.17, 15) is 4.79 Å². The van der Waals surface area contributed by atoms with Crippen molar-refractivity contribution in [3.8, 4) is 0 Å². The number of nitrogens with zero attached hydrogens (tertiary/aromatic N) is 2. The fraction of sp³-hybridized carbons (Fsp3) is 0.938. The van der Waals surface area contributed by atoms with Crippen LogP contribution in [-0.4, -0.2) is 61.0 Å². The highest BCUT2D eigenvalue weighted by atomic mass is 16.2. The maximum Gasteiger partial charge on any atom is 0.239 e. The zero-order chi connectivity index (χ0) is 14.8. The van der Waals surface area contributed by atoms with Crippen LogP contribution in [0.5, 0.6) is 0 Å². The van der Waals surface area contributed by atoms with Crippen molar-refractivity contribution in [2.45, 2.75) is 58.5 Å². The molecule has 0 spiro atoms. The molecule has 1 saturated heterocycles. The van der Waals surface area contributed by atoms with E-state index in [0.717, 1.165) is 39.0 Å². The molecule has 1 N–H and O–H groups in total. The second-order valence-electron chi connectivity index (χ2n) is 7.31. The first kappa shape index (κ1) is 15.8. The highest BCUT2D eigenvalue weighted by molar-refractivity contribution is 5.81. The molecule has 1 unspecified atom stereocenters. The third-order valence-electron chi connectivity index (χ3n) is 5.26. The van der Waals surface area contributed by atoms with Gasteiger partial charge in [0, 0.05) is 39.3 Å². The van der Waals surface area contributed by atoms with E-state index in [-0.39, 0.29) is 6.04 Å². The highest BCUT2D eigenvalue weighted by Gasteiger charge is 2.33.